The predicted molar refractivity (Wildman–Crippen MR) is 86.2 cm³/mol. The normalized spacial score (nSPS) is 12.7. The molecule has 0 fully saturated rings. The van der Waals surface area contributed by atoms with Gasteiger partial charge in [-0.15, -0.1) is 9.05 Å². The van der Waals surface area contributed by atoms with Gasteiger partial charge in [0.1, 0.15) is 12.2 Å². The molecule has 0 radical (unpaired) electrons. The van der Waals surface area contributed by atoms with Crippen LogP contribution >= 0.6 is 8.25 Å². The van der Waals surface area contributed by atoms with Crippen molar-refractivity contribution in [1.82, 2.24) is 0 Å². The van der Waals surface area contributed by atoms with Gasteiger partial charge in [0.2, 0.25) is 0 Å². The van der Waals surface area contributed by atoms with Crippen molar-refractivity contribution >= 4 is 8.25 Å². The summed E-state index contributed by atoms with van der Waals surface area (Å²) in [4.78, 5) is 0. The number of hydrogen-bond donors (Lipinski definition) is 0. The second kappa shape index (κ2) is 12.7. The summed E-state index contributed by atoms with van der Waals surface area (Å²) in [5.41, 5.74) is -0.313. The summed E-state index contributed by atoms with van der Waals surface area (Å²) in [5.74, 6) is 0. The van der Waals surface area contributed by atoms with E-state index in [2.05, 4.69) is 6.92 Å². The van der Waals surface area contributed by atoms with E-state index in [1.165, 1.54) is 38.5 Å². The second-order valence-corrected chi connectivity index (χ2v) is 6.67. The highest BCUT2D eigenvalue weighted by Crippen LogP contribution is 2.35. The molecule has 0 saturated carbocycles. The molecule has 0 aliphatic rings. The Bertz CT molecular complexity index is 240. The molecule has 0 N–H and O–H groups in total. The van der Waals surface area contributed by atoms with Gasteiger partial charge in [0.05, 0.1) is 0 Å². The van der Waals surface area contributed by atoms with Crippen LogP contribution in [0.5, 0.6) is 0 Å². The minimum Gasteiger partial charge on any atom is -0.119 e. The minimum absolute atomic E-state index is 0.313. The maximum absolute atomic E-state index is 11.7. The third-order valence-electron chi connectivity index (χ3n) is 3.99. The van der Waals surface area contributed by atoms with E-state index in [1.54, 1.807) is 0 Å². The molecule has 1 atom stereocenters. The highest BCUT2D eigenvalue weighted by Gasteiger charge is 2.34. The van der Waals surface area contributed by atoms with Crippen molar-refractivity contribution in [3.63, 3.8) is 0 Å². The Labute approximate surface area is 126 Å². The molecule has 3 nitrogen and oxygen atoms in total. The van der Waals surface area contributed by atoms with Crippen molar-refractivity contribution in [2.45, 2.75) is 97.5 Å². The van der Waals surface area contributed by atoms with E-state index < -0.39 is 8.25 Å². The summed E-state index contributed by atoms with van der Waals surface area (Å²) in [6, 6.07) is 0. The number of hydrogen-bond acceptors (Lipinski definition) is 3. The van der Waals surface area contributed by atoms with E-state index in [4.69, 9.17) is 9.05 Å². The Morgan fingerprint density at radius 1 is 0.850 bits per heavy atom. The third-order valence-corrected chi connectivity index (χ3v) is 4.97. The fourth-order valence-corrected chi connectivity index (χ4v) is 2.91. The van der Waals surface area contributed by atoms with Crippen LogP contribution in [0.25, 0.3) is 0 Å². The minimum atomic E-state index is -1.96. The summed E-state index contributed by atoms with van der Waals surface area (Å²) in [6.07, 6.45) is 11.8. The Balaban J connectivity index is 3.44. The van der Waals surface area contributed by atoms with Crippen LogP contribution in [0.2, 0.25) is 0 Å². The summed E-state index contributed by atoms with van der Waals surface area (Å²) >= 11 is 0. The van der Waals surface area contributed by atoms with Crippen LogP contribution in [0.4, 0.5) is 0 Å². The Morgan fingerprint density at radius 3 is 1.85 bits per heavy atom. The van der Waals surface area contributed by atoms with Gasteiger partial charge in [0.25, 0.3) is 0 Å². The van der Waals surface area contributed by atoms with Gasteiger partial charge >= 0.3 is 8.25 Å². The Kier molecular flexibility index (Phi) is 12.8. The molecule has 0 aromatic rings. The largest absolute Gasteiger partial charge is 0.697 e. The van der Waals surface area contributed by atoms with Gasteiger partial charge in [-0.2, -0.15) is 0 Å². The highest BCUT2D eigenvalue weighted by atomic mass is 31.1. The van der Waals surface area contributed by atoms with Gasteiger partial charge in [0.15, 0.2) is 0 Å². The first-order valence-corrected chi connectivity index (χ1v) is 9.46. The van der Waals surface area contributed by atoms with Crippen LogP contribution < -0.4 is 0 Å². The molecule has 20 heavy (non-hydrogen) atoms. The van der Waals surface area contributed by atoms with Crippen LogP contribution in [0.1, 0.15) is 91.9 Å². The average Bonchev–Trinajstić information content (AvgIpc) is 2.45. The summed E-state index contributed by atoms with van der Waals surface area (Å²) < 4.78 is 22.5. The molecular weight excluding hydrogens is 271 g/mol. The first-order valence-electron chi connectivity index (χ1n) is 8.37. The van der Waals surface area contributed by atoms with E-state index in [9.17, 15) is 4.57 Å². The molecule has 0 aromatic heterocycles. The molecule has 1 unspecified atom stereocenters. The van der Waals surface area contributed by atoms with Crippen LogP contribution in [0.3, 0.4) is 0 Å². The third kappa shape index (κ3) is 10.8. The van der Waals surface area contributed by atoms with Crippen LogP contribution in [0, 0.1) is 0 Å². The van der Waals surface area contributed by atoms with Crippen LogP contribution in [-0.2, 0) is 13.6 Å². The Hall–Kier alpha value is 0.0200. The highest BCUT2D eigenvalue weighted by molar-refractivity contribution is 7.33. The molecular formula is C16H34O3P+. The molecule has 0 heterocycles. The fourth-order valence-electron chi connectivity index (χ4n) is 1.96. The fraction of sp³-hybridized carbons (Fsp3) is 1.00. The maximum atomic E-state index is 11.7. The van der Waals surface area contributed by atoms with Gasteiger partial charge in [0, 0.05) is 4.57 Å². The molecule has 0 spiro atoms. The zero-order valence-electron chi connectivity index (χ0n) is 14.0. The topological polar surface area (TPSA) is 35.5 Å². The van der Waals surface area contributed by atoms with Crippen LogP contribution in [0.15, 0.2) is 0 Å². The summed E-state index contributed by atoms with van der Waals surface area (Å²) in [6.45, 7) is 8.87. The maximum Gasteiger partial charge on any atom is 0.697 e. The van der Waals surface area contributed by atoms with Gasteiger partial charge in [-0.05, 0) is 26.2 Å². The lowest BCUT2D eigenvalue weighted by molar-refractivity contribution is 0.0656. The van der Waals surface area contributed by atoms with E-state index in [0.29, 0.717) is 6.61 Å². The molecule has 0 aromatic carbocycles. The zero-order valence-corrected chi connectivity index (χ0v) is 14.8. The smallest absolute Gasteiger partial charge is 0.119 e. The van der Waals surface area contributed by atoms with Gasteiger partial charge < -0.3 is 0 Å². The Morgan fingerprint density at radius 2 is 1.35 bits per heavy atom. The zero-order chi connectivity index (χ0) is 15.3. The summed E-state index contributed by atoms with van der Waals surface area (Å²) in [5, 5.41) is 0. The standard InChI is InChI=1S/C16H34O3P/c1-5-8-9-10-11-12-13-14-15-18-20(17)19-16(4,6-2)7-3/h5-15H2,1-4H3/q+1. The number of unbranched alkanes of at least 4 members (excludes halogenated alkanes) is 7. The molecule has 120 valence electrons. The number of rotatable bonds is 14. The SMILES string of the molecule is CCCCCCCCCCO[P+](=O)OC(C)(CC)CC. The molecule has 0 amide bonds. The lowest BCUT2D eigenvalue weighted by atomic mass is 10.0. The first kappa shape index (κ1) is 20.0. The van der Waals surface area contributed by atoms with Crippen molar-refractivity contribution < 1.29 is 13.6 Å². The van der Waals surface area contributed by atoms with Gasteiger partial charge in [-0.3, -0.25) is 0 Å². The van der Waals surface area contributed by atoms with Crippen molar-refractivity contribution in [2.75, 3.05) is 6.61 Å². The van der Waals surface area contributed by atoms with Crippen LogP contribution in [-0.4, -0.2) is 12.2 Å². The monoisotopic (exact) mass is 305 g/mol. The lowest BCUT2D eigenvalue weighted by Gasteiger charge is -2.18. The quantitative estimate of drug-likeness (QED) is 0.275. The first-order chi connectivity index (χ1) is 9.58. The molecule has 0 aliphatic carbocycles. The second-order valence-electron chi connectivity index (χ2n) is 5.78. The average molecular weight is 305 g/mol. The van der Waals surface area contributed by atoms with E-state index in [1.807, 2.05) is 20.8 Å². The predicted octanol–water partition coefficient (Wildman–Crippen LogP) is 6.40. The van der Waals surface area contributed by atoms with Crippen molar-refractivity contribution in [1.29, 1.82) is 0 Å². The molecule has 4 heteroatoms. The van der Waals surface area contributed by atoms with E-state index in [-0.39, 0.29) is 5.60 Å². The van der Waals surface area contributed by atoms with Crippen molar-refractivity contribution in [2.24, 2.45) is 0 Å². The lowest BCUT2D eigenvalue weighted by Crippen LogP contribution is -2.23. The van der Waals surface area contributed by atoms with Gasteiger partial charge in [-0.1, -0.05) is 65.7 Å². The van der Waals surface area contributed by atoms with Crippen molar-refractivity contribution in [3.05, 3.63) is 0 Å². The van der Waals surface area contributed by atoms with Crippen molar-refractivity contribution in [3.8, 4) is 0 Å². The molecule has 0 aliphatic heterocycles. The van der Waals surface area contributed by atoms with Gasteiger partial charge in [-0.25, -0.2) is 0 Å². The molecule has 0 rings (SSSR count). The molecule has 0 bridgehead atoms. The van der Waals surface area contributed by atoms with E-state index in [0.717, 1.165) is 25.7 Å². The molecule has 0 saturated heterocycles. The summed E-state index contributed by atoms with van der Waals surface area (Å²) in [7, 11) is -1.96. The van der Waals surface area contributed by atoms with E-state index >= 15 is 0 Å².